The van der Waals surface area contributed by atoms with E-state index in [0.717, 1.165) is 4.90 Å². The molecular weight excluding hydrogens is 402 g/mol. The summed E-state index contributed by atoms with van der Waals surface area (Å²) in [7, 11) is -17.1. The third-order valence-corrected chi connectivity index (χ3v) is 5.33. The molecule has 0 radical (unpaired) electrons. The van der Waals surface area contributed by atoms with E-state index in [-0.39, 0.29) is 0 Å². The molecule has 0 aliphatic rings. The highest BCUT2D eigenvalue weighted by atomic mass is 31.2. The van der Waals surface area contributed by atoms with Crippen molar-refractivity contribution in [3.05, 3.63) is 0 Å². The summed E-state index contributed by atoms with van der Waals surface area (Å²) in [6.07, 6.45) is -2.88. The molecule has 0 amide bonds. The monoisotopic (exact) mass is 420 g/mol. The molecule has 0 saturated carbocycles. The molecule has 0 aliphatic carbocycles. The molecule has 0 heterocycles. The third kappa shape index (κ3) is 15.7. The fraction of sp³-hybridized carbons (Fsp3) is 1.00. The predicted molar refractivity (Wildman–Crippen MR) is 76.7 cm³/mol. The Bertz CT molecular complexity index is 510. The van der Waals surface area contributed by atoms with E-state index < -0.39 is 68.8 Å². The van der Waals surface area contributed by atoms with Crippen LogP contribution in [0.4, 0.5) is 0 Å². The van der Waals surface area contributed by atoms with Crippen molar-refractivity contribution in [1.82, 2.24) is 4.90 Å². The standard InChI is InChI=1S/C6H17NO12P4/c8-20(9)19-4-7(5-23(16,17)18)1-6(2-21(10,11)12)3-22(13,14)15/h6H,1-5H2,(H6-,8,9,10,11,12,13,14,15,16,17,18)/p+1. The highest BCUT2D eigenvalue weighted by Gasteiger charge is 2.32. The van der Waals surface area contributed by atoms with Crippen LogP contribution in [0.25, 0.3) is 0 Å². The predicted octanol–water partition coefficient (Wildman–Crippen LogP) is -0.981. The van der Waals surface area contributed by atoms with E-state index in [4.69, 9.17) is 34.3 Å². The van der Waals surface area contributed by atoms with Gasteiger partial charge in [-0.1, -0.05) is 0 Å². The Balaban J connectivity index is 5.14. The Morgan fingerprint density at radius 2 is 1.35 bits per heavy atom. The fourth-order valence-electron chi connectivity index (χ4n) is 1.75. The molecule has 0 rings (SSSR count). The zero-order valence-corrected chi connectivity index (χ0v) is 15.1. The number of hydrogen-bond acceptors (Lipinski definition) is 6. The fourth-order valence-corrected chi connectivity index (χ4v) is 4.77. The maximum absolute atomic E-state index is 11.0. The van der Waals surface area contributed by atoms with Crippen LogP contribution >= 0.6 is 31.0 Å². The van der Waals surface area contributed by atoms with Crippen molar-refractivity contribution in [2.45, 2.75) is 0 Å². The Hall–Kier alpha value is 0.430. The first kappa shape index (κ1) is 23.4. The average Bonchev–Trinajstić information content (AvgIpc) is 2.18. The van der Waals surface area contributed by atoms with Crippen LogP contribution in [-0.2, 0) is 22.8 Å². The van der Waals surface area contributed by atoms with Gasteiger partial charge in [0.15, 0.2) is 6.73 Å². The van der Waals surface area contributed by atoms with E-state index >= 15 is 0 Å². The van der Waals surface area contributed by atoms with Crippen LogP contribution in [-0.4, -0.2) is 71.0 Å². The molecule has 138 valence electrons. The van der Waals surface area contributed by atoms with Crippen molar-refractivity contribution in [2.75, 3.05) is 31.9 Å². The summed E-state index contributed by atoms with van der Waals surface area (Å²) in [6.45, 7) is -1.36. The smallest absolute Gasteiger partial charge is 0.324 e. The lowest BCUT2D eigenvalue weighted by atomic mass is 10.2. The highest BCUT2D eigenvalue weighted by molar-refractivity contribution is 7.53. The van der Waals surface area contributed by atoms with Crippen LogP contribution in [0.1, 0.15) is 0 Å². The molecule has 23 heavy (non-hydrogen) atoms. The maximum Gasteiger partial charge on any atom is 0.696 e. The van der Waals surface area contributed by atoms with Crippen molar-refractivity contribution in [3.63, 3.8) is 0 Å². The Morgan fingerprint density at radius 3 is 1.65 bits per heavy atom. The van der Waals surface area contributed by atoms with Gasteiger partial charge < -0.3 is 29.4 Å². The molecule has 1 atom stereocenters. The van der Waals surface area contributed by atoms with E-state index in [1.54, 1.807) is 0 Å². The first-order valence-corrected chi connectivity index (χ1v) is 12.2. The molecule has 0 saturated heterocycles. The summed E-state index contributed by atoms with van der Waals surface area (Å²) in [6, 6.07) is 0. The topological polar surface area (TPSA) is 222 Å². The molecule has 0 aromatic rings. The van der Waals surface area contributed by atoms with Crippen molar-refractivity contribution in [2.24, 2.45) is 5.92 Å². The molecule has 0 fully saturated rings. The first-order valence-electron chi connectivity index (χ1n) is 5.72. The van der Waals surface area contributed by atoms with Crippen LogP contribution in [0.5, 0.6) is 0 Å². The van der Waals surface area contributed by atoms with E-state index in [1.807, 2.05) is 0 Å². The largest absolute Gasteiger partial charge is 0.696 e. The Kier molecular flexibility index (Phi) is 9.39. The van der Waals surface area contributed by atoms with Gasteiger partial charge in [-0.2, -0.15) is 0 Å². The lowest BCUT2D eigenvalue weighted by Crippen LogP contribution is -2.34. The average molecular weight is 420 g/mol. The normalized spacial score (nSPS) is 14.6. The lowest BCUT2D eigenvalue weighted by molar-refractivity contribution is 0.119. The molecule has 7 N–H and O–H groups in total. The second-order valence-corrected chi connectivity index (χ2v) is 10.5. The Morgan fingerprint density at radius 1 is 0.913 bits per heavy atom. The van der Waals surface area contributed by atoms with Gasteiger partial charge in [-0.05, 0) is 5.92 Å². The summed E-state index contributed by atoms with van der Waals surface area (Å²) in [5.74, 6) is -1.33. The van der Waals surface area contributed by atoms with Gasteiger partial charge in [-0.25, -0.2) is 0 Å². The van der Waals surface area contributed by atoms with Gasteiger partial charge in [0, 0.05) is 11.1 Å². The zero-order valence-electron chi connectivity index (χ0n) is 11.5. The minimum absolute atomic E-state index is 0.579. The minimum Gasteiger partial charge on any atom is -0.324 e. The second-order valence-electron chi connectivity index (χ2n) is 4.72. The van der Waals surface area contributed by atoms with Gasteiger partial charge >= 0.3 is 31.0 Å². The minimum atomic E-state index is -4.67. The zero-order chi connectivity index (χ0) is 18.5. The van der Waals surface area contributed by atoms with Crippen molar-refractivity contribution < 1.29 is 57.0 Å². The molecule has 0 bridgehead atoms. The van der Waals surface area contributed by atoms with Crippen LogP contribution in [0.15, 0.2) is 0 Å². The third-order valence-electron chi connectivity index (χ3n) is 2.24. The van der Waals surface area contributed by atoms with Crippen LogP contribution < -0.4 is 0 Å². The van der Waals surface area contributed by atoms with Gasteiger partial charge in [0.25, 0.3) is 0 Å². The number of hydrogen-bond donors (Lipinski definition) is 7. The summed E-state index contributed by atoms with van der Waals surface area (Å²) < 4.78 is 47.8. The van der Waals surface area contributed by atoms with Crippen molar-refractivity contribution >= 4 is 31.0 Å². The van der Waals surface area contributed by atoms with Crippen molar-refractivity contribution in [3.8, 4) is 0 Å². The lowest BCUT2D eigenvalue weighted by Gasteiger charge is -2.26. The first-order chi connectivity index (χ1) is 10.1. The summed E-state index contributed by atoms with van der Waals surface area (Å²) in [4.78, 5) is 62.7. The molecule has 0 aromatic heterocycles. The molecule has 17 heteroatoms. The SMILES string of the molecule is O=[P+](O)OCN(CC(CP(=O)(O)O)CP(=O)(O)O)CP(=O)(O)O. The Labute approximate surface area is 131 Å². The van der Waals surface area contributed by atoms with Gasteiger partial charge in [0.2, 0.25) is 0 Å². The van der Waals surface area contributed by atoms with E-state index in [1.165, 1.54) is 0 Å². The molecule has 0 aromatic carbocycles. The van der Waals surface area contributed by atoms with Crippen molar-refractivity contribution in [1.29, 1.82) is 0 Å². The van der Waals surface area contributed by atoms with Crippen LogP contribution in [0.2, 0.25) is 0 Å². The summed E-state index contributed by atoms with van der Waals surface area (Å²) in [5, 5.41) is 0. The van der Waals surface area contributed by atoms with Crippen LogP contribution in [0, 0.1) is 5.92 Å². The highest BCUT2D eigenvalue weighted by Crippen LogP contribution is 2.44. The molecule has 0 aliphatic heterocycles. The number of rotatable bonds is 11. The van der Waals surface area contributed by atoms with Gasteiger partial charge in [0.1, 0.15) is 6.29 Å². The van der Waals surface area contributed by atoms with Crippen LogP contribution in [0.3, 0.4) is 0 Å². The maximum atomic E-state index is 11.0. The van der Waals surface area contributed by atoms with E-state index in [9.17, 15) is 18.3 Å². The second kappa shape index (κ2) is 9.22. The van der Waals surface area contributed by atoms with E-state index in [0.29, 0.717) is 0 Å². The molecular formula is C6H18NO12P4+. The number of nitrogens with zero attached hydrogens (tertiary/aromatic N) is 1. The molecule has 1 unspecified atom stereocenters. The van der Waals surface area contributed by atoms with Gasteiger partial charge in [-0.3, -0.25) is 18.6 Å². The quantitative estimate of drug-likeness (QED) is 0.158. The molecule has 0 spiro atoms. The molecule has 13 nitrogen and oxygen atoms in total. The summed E-state index contributed by atoms with van der Waals surface area (Å²) >= 11 is 0. The van der Waals surface area contributed by atoms with E-state index in [2.05, 4.69) is 4.52 Å². The summed E-state index contributed by atoms with van der Waals surface area (Å²) in [5.41, 5.74) is 0. The van der Waals surface area contributed by atoms with Gasteiger partial charge in [0.05, 0.1) is 12.3 Å². The van der Waals surface area contributed by atoms with Gasteiger partial charge in [-0.15, -0.1) is 9.42 Å².